The average molecular weight is 290 g/mol. The SMILES string of the molecule is COc1cc(NCCc2cccc(F)c2)cc([N+](=O)[O-])c1. The molecular formula is C15H15FN2O3. The quantitative estimate of drug-likeness (QED) is 0.654. The van der Waals surface area contributed by atoms with Crippen molar-refractivity contribution in [3.8, 4) is 5.75 Å². The lowest BCUT2D eigenvalue weighted by Crippen LogP contribution is -2.05. The molecule has 0 aliphatic rings. The van der Waals surface area contributed by atoms with Gasteiger partial charge in [-0.05, 0) is 24.1 Å². The van der Waals surface area contributed by atoms with E-state index in [1.807, 2.05) is 6.07 Å². The van der Waals surface area contributed by atoms with Crippen LogP contribution in [0.25, 0.3) is 0 Å². The number of halogens is 1. The lowest BCUT2D eigenvalue weighted by Gasteiger charge is -2.08. The summed E-state index contributed by atoms with van der Waals surface area (Å²) in [7, 11) is 1.45. The van der Waals surface area contributed by atoms with E-state index in [0.717, 1.165) is 5.56 Å². The molecule has 5 nitrogen and oxygen atoms in total. The lowest BCUT2D eigenvalue weighted by atomic mass is 10.1. The number of hydrogen-bond acceptors (Lipinski definition) is 4. The molecule has 21 heavy (non-hydrogen) atoms. The Hall–Kier alpha value is -2.63. The van der Waals surface area contributed by atoms with E-state index in [1.54, 1.807) is 12.1 Å². The van der Waals surface area contributed by atoms with Crippen molar-refractivity contribution in [2.45, 2.75) is 6.42 Å². The minimum Gasteiger partial charge on any atom is -0.496 e. The molecule has 0 heterocycles. The van der Waals surface area contributed by atoms with Crippen LogP contribution in [0.15, 0.2) is 42.5 Å². The van der Waals surface area contributed by atoms with Gasteiger partial charge in [0, 0.05) is 24.4 Å². The van der Waals surface area contributed by atoms with E-state index in [-0.39, 0.29) is 11.5 Å². The Bertz CT molecular complexity index is 647. The maximum absolute atomic E-state index is 13.0. The molecule has 0 saturated carbocycles. The molecule has 0 fully saturated rings. The summed E-state index contributed by atoms with van der Waals surface area (Å²) in [6.07, 6.45) is 0.614. The van der Waals surface area contributed by atoms with E-state index in [4.69, 9.17) is 4.74 Å². The number of rotatable bonds is 6. The normalized spacial score (nSPS) is 10.2. The molecule has 1 N–H and O–H groups in total. The summed E-state index contributed by atoms with van der Waals surface area (Å²) in [4.78, 5) is 10.4. The van der Waals surface area contributed by atoms with Crippen LogP contribution in [-0.4, -0.2) is 18.6 Å². The van der Waals surface area contributed by atoms with Crippen LogP contribution >= 0.6 is 0 Å². The molecule has 0 spiro atoms. The van der Waals surface area contributed by atoms with Crippen LogP contribution in [0.2, 0.25) is 0 Å². The minimum absolute atomic E-state index is 0.0393. The number of nitro groups is 1. The van der Waals surface area contributed by atoms with Crippen molar-refractivity contribution in [2.24, 2.45) is 0 Å². The van der Waals surface area contributed by atoms with E-state index < -0.39 is 4.92 Å². The third kappa shape index (κ3) is 4.17. The number of nitrogens with one attached hydrogen (secondary N) is 1. The highest BCUT2D eigenvalue weighted by atomic mass is 19.1. The van der Waals surface area contributed by atoms with Crippen molar-refractivity contribution in [1.82, 2.24) is 0 Å². The zero-order valence-electron chi connectivity index (χ0n) is 11.5. The molecule has 0 saturated heterocycles. The number of nitro benzene ring substituents is 1. The Morgan fingerprint density at radius 3 is 2.76 bits per heavy atom. The van der Waals surface area contributed by atoms with Crippen LogP contribution in [0.3, 0.4) is 0 Å². The molecule has 6 heteroatoms. The monoisotopic (exact) mass is 290 g/mol. The van der Waals surface area contributed by atoms with Gasteiger partial charge in [-0.3, -0.25) is 10.1 Å². The minimum atomic E-state index is -0.472. The molecular weight excluding hydrogens is 275 g/mol. The molecule has 2 rings (SSSR count). The van der Waals surface area contributed by atoms with Gasteiger partial charge in [0.2, 0.25) is 0 Å². The molecule has 0 bridgehead atoms. The predicted octanol–water partition coefficient (Wildman–Crippen LogP) is 3.40. The Labute approximate surface area is 121 Å². The summed E-state index contributed by atoms with van der Waals surface area (Å²) in [5.41, 5.74) is 1.42. The number of methoxy groups -OCH3 is 1. The summed E-state index contributed by atoms with van der Waals surface area (Å²) in [5, 5.41) is 13.9. The number of benzene rings is 2. The molecule has 0 unspecified atom stereocenters. The van der Waals surface area contributed by atoms with Gasteiger partial charge in [-0.25, -0.2) is 4.39 Å². The lowest BCUT2D eigenvalue weighted by molar-refractivity contribution is -0.384. The summed E-state index contributed by atoms with van der Waals surface area (Å²) in [6.45, 7) is 0.535. The number of nitrogens with zero attached hydrogens (tertiary/aromatic N) is 1. The van der Waals surface area contributed by atoms with Gasteiger partial charge in [0.25, 0.3) is 5.69 Å². The van der Waals surface area contributed by atoms with Crippen LogP contribution in [0, 0.1) is 15.9 Å². The van der Waals surface area contributed by atoms with Gasteiger partial charge in [0.05, 0.1) is 18.1 Å². The third-order valence-corrected chi connectivity index (χ3v) is 2.97. The van der Waals surface area contributed by atoms with Gasteiger partial charge < -0.3 is 10.1 Å². The van der Waals surface area contributed by atoms with Gasteiger partial charge in [-0.1, -0.05) is 12.1 Å². The van der Waals surface area contributed by atoms with Crippen molar-refractivity contribution in [2.75, 3.05) is 19.0 Å². The fraction of sp³-hybridized carbons (Fsp3) is 0.200. The smallest absolute Gasteiger partial charge is 0.275 e. The van der Waals surface area contributed by atoms with Gasteiger partial charge in [0.1, 0.15) is 11.6 Å². The standard InChI is InChI=1S/C15H15FN2O3/c1-21-15-9-13(8-14(10-15)18(19)20)17-6-5-11-3-2-4-12(16)7-11/h2-4,7-10,17H,5-6H2,1H3. The second-order valence-corrected chi connectivity index (χ2v) is 4.48. The van der Waals surface area contributed by atoms with E-state index >= 15 is 0 Å². The van der Waals surface area contributed by atoms with Crippen molar-refractivity contribution in [3.05, 3.63) is 64.0 Å². The summed E-state index contributed by atoms with van der Waals surface area (Å²) in [5.74, 6) is 0.141. The second kappa shape index (κ2) is 6.69. The highest BCUT2D eigenvalue weighted by molar-refractivity contribution is 5.56. The highest BCUT2D eigenvalue weighted by Gasteiger charge is 2.10. The van der Waals surface area contributed by atoms with Crippen LogP contribution in [0.5, 0.6) is 5.75 Å². The maximum Gasteiger partial charge on any atom is 0.275 e. The van der Waals surface area contributed by atoms with Crippen LogP contribution in [0.1, 0.15) is 5.56 Å². The van der Waals surface area contributed by atoms with Crippen molar-refractivity contribution in [3.63, 3.8) is 0 Å². The van der Waals surface area contributed by atoms with Crippen LogP contribution in [-0.2, 0) is 6.42 Å². The molecule has 2 aromatic rings. The zero-order valence-corrected chi connectivity index (χ0v) is 11.5. The van der Waals surface area contributed by atoms with Gasteiger partial charge in [0.15, 0.2) is 0 Å². The summed E-state index contributed by atoms with van der Waals surface area (Å²) < 4.78 is 18.1. The van der Waals surface area contributed by atoms with Crippen LogP contribution in [0.4, 0.5) is 15.8 Å². The van der Waals surface area contributed by atoms with Gasteiger partial charge >= 0.3 is 0 Å². The van der Waals surface area contributed by atoms with Crippen molar-refractivity contribution in [1.29, 1.82) is 0 Å². The zero-order chi connectivity index (χ0) is 15.2. The molecule has 0 amide bonds. The fourth-order valence-electron chi connectivity index (χ4n) is 1.95. The molecule has 110 valence electrons. The molecule has 0 atom stereocenters. The number of non-ortho nitro benzene ring substituents is 1. The van der Waals surface area contributed by atoms with Gasteiger partial charge in [-0.2, -0.15) is 0 Å². The summed E-state index contributed by atoms with van der Waals surface area (Å²) in [6, 6.07) is 10.8. The van der Waals surface area contributed by atoms with Crippen molar-refractivity contribution < 1.29 is 14.1 Å². The molecule has 0 aromatic heterocycles. The third-order valence-electron chi connectivity index (χ3n) is 2.97. The number of hydrogen-bond donors (Lipinski definition) is 1. The van der Waals surface area contributed by atoms with Gasteiger partial charge in [-0.15, -0.1) is 0 Å². The molecule has 0 radical (unpaired) electrons. The van der Waals surface area contributed by atoms with E-state index in [2.05, 4.69) is 5.32 Å². The Morgan fingerprint density at radius 2 is 2.10 bits per heavy atom. The first-order valence-electron chi connectivity index (χ1n) is 6.40. The fourth-order valence-corrected chi connectivity index (χ4v) is 1.95. The highest BCUT2D eigenvalue weighted by Crippen LogP contribution is 2.25. The topological polar surface area (TPSA) is 64.4 Å². The Kier molecular flexibility index (Phi) is 4.71. The summed E-state index contributed by atoms with van der Waals surface area (Å²) >= 11 is 0. The average Bonchev–Trinajstić information content (AvgIpc) is 2.47. The van der Waals surface area contributed by atoms with E-state index in [0.29, 0.717) is 24.4 Å². The van der Waals surface area contributed by atoms with E-state index in [1.165, 1.54) is 31.4 Å². The molecule has 2 aromatic carbocycles. The first-order valence-corrected chi connectivity index (χ1v) is 6.40. The second-order valence-electron chi connectivity index (χ2n) is 4.48. The Morgan fingerprint density at radius 1 is 1.29 bits per heavy atom. The number of anilines is 1. The Balaban J connectivity index is 2.02. The van der Waals surface area contributed by atoms with Crippen LogP contribution < -0.4 is 10.1 Å². The maximum atomic E-state index is 13.0. The predicted molar refractivity (Wildman–Crippen MR) is 78.2 cm³/mol. The van der Waals surface area contributed by atoms with Crippen molar-refractivity contribution >= 4 is 11.4 Å². The first-order chi connectivity index (χ1) is 10.1. The van der Waals surface area contributed by atoms with E-state index in [9.17, 15) is 14.5 Å². The molecule has 0 aliphatic heterocycles. The molecule has 0 aliphatic carbocycles. The largest absolute Gasteiger partial charge is 0.496 e. The number of ether oxygens (including phenoxy) is 1. The first kappa shape index (κ1) is 14.8.